The molecule has 1 aromatic carbocycles. The second-order valence-corrected chi connectivity index (χ2v) is 9.24. The summed E-state index contributed by atoms with van der Waals surface area (Å²) in [5.74, 6) is 2.25. The van der Waals surface area contributed by atoms with Crippen LogP contribution in [-0.4, -0.2) is 67.9 Å². The monoisotopic (exact) mass is 501 g/mol. The largest absolute Gasteiger partial charge is 0.325 e. The number of aromatic nitrogens is 5. The molecular weight excluding hydrogens is 474 g/mol. The fraction of sp³-hybridized carbons (Fsp3) is 0.269. The Hall–Kier alpha value is -3.66. The van der Waals surface area contributed by atoms with Crippen LogP contribution in [0, 0.1) is 6.92 Å². The van der Waals surface area contributed by atoms with E-state index in [2.05, 4.69) is 58.5 Å². The Bertz CT molecular complexity index is 1340. The number of piperazine rings is 1. The van der Waals surface area contributed by atoms with Gasteiger partial charge in [-0.1, -0.05) is 17.7 Å². The number of rotatable bonds is 7. The molecule has 184 valence electrons. The van der Waals surface area contributed by atoms with Crippen molar-refractivity contribution in [1.82, 2.24) is 34.7 Å². The Balaban J connectivity index is 1.28. The number of hydrogen-bond acceptors (Lipinski definition) is 9. The molecule has 0 bridgehead atoms. The molecule has 4 aromatic rings. The standard InChI is InChI=1S/C26H28ClN9/c1-18-4-3-5-22(30-18)25-28-10-8-23(33-25)32-24-9-11-29-26(34-24)31-20-6-7-21(27)19(16-20)17-36-14-12-35(2)13-15-36/h3-11,16H,12-15,17H2,1-2H3,(H2,28,29,31,32,33,34). The van der Waals surface area contributed by atoms with E-state index >= 15 is 0 Å². The fourth-order valence-corrected chi connectivity index (χ4v) is 4.17. The van der Waals surface area contributed by atoms with Gasteiger partial charge in [0.1, 0.15) is 17.3 Å². The maximum absolute atomic E-state index is 6.51. The zero-order valence-corrected chi connectivity index (χ0v) is 21.1. The van der Waals surface area contributed by atoms with Crippen molar-refractivity contribution in [2.45, 2.75) is 13.5 Å². The molecule has 36 heavy (non-hydrogen) atoms. The van der Waals surface area contributed by atoms with E-state index in [-0.39, 0.29) is 0 Å². The molecule has 1 fully saturated rings. The summed E-state index contributed by atoms with van der Waals surface area (Å²) in [4.78, 5) is 27.2. The Morgan fingerprint density at radius 3 is 2.44 bits per heavy atom. The van der Waals surface area contributed by atoms with E-state index in [0.717, 1.165) is 60.4 Å². The first kappa shape index (κ1) is 24.1. The minimum absolute atomic E-state index is 0.475. The normalized spacial score (nSPS) is 14.5. The molecule has 1 aliphatic heterocycles. The topological polar surface area (TPSA) is 95.0 Å². The third kappa shape index (κ3) is 6.12. The van der Waals surface area contributed by atoms with E-state index in [1.807, 2.05) is 37.3 Å². The SMILES string of the molecule is Cc1cccc(-c2nccc(Nc3ccnc(Nc4ccc(Cl)c(CN5CCN(C)CC5)c4)n3)n2)n1. The van der Waals surface area contributed by atoms with Crippen molar-refractivity contribution in [2.75, 3.05) is 43.9 Å². The lowest BCUT2D eigenvalue weighted by molar-refractivity contribution is 0.148. The van der Waals surface area contributed by atoms with Crippen molar-refractivity contribution in [3.63, 3.8) is 0 Å². The lowest BCUT2D eigenvalue weighted by atomic mass is 10.1. The van der Waals surface area contributed by atoms with Crippen LogP contribution >= 0.6 is 11.6 Å². The van der Waals surface area contributed by atoms with Gasteiger partial charge >= 0.3 is 0 Å². The molecule has 3 aromatic heterocycles. The van der Waals surface area contributed by atoms with Crippen LogP contribution in [-0.2, 0) is 6.54 Å². The summed E-state index contributed by atoms with van der Waals surface area (Å²) in [5, 5.41) is 7.29. The zero-order valence-electron chi connectivity index (χ0n) is 20.3. The summed E-state index contributed by atoms with van der Waals surface area (Å²) in [6, 6.07) is 15.3. The molecule has 0 aliphatic carbocycles. The number of hydrogen-bond donors (Lipinski definition) is 2. The summed E-state index contributed by atoms with van der Waals surface area (Å²) in [6.45, 7) is 6.96. The molecule has 1 aliphatic rings. The quantitative estimate of drug-likeness (QED) is 0.378. The van der Waals surface area contributed by atoms with Crippen LogP contribution in [0.1, 0.15) is 11.3 Å². The number of pyridine rings is 1. The molecular formula is C26H28ClN9. The van der Waals surface area contributed by atoms with Gasteiger partial charge in [0.25, 0.3) is 0 Å². The Kier molecular flexibility index (Phi) is 7.31. The van der Waals surface area contributed by atoms with Crippen molar-refractivity contribution in [1.29, 1.82) is 0 Å². The van der Waals surface area contributed by atoms with Gasteiger partial charge in [-0.3, -0.25) is 4.90 Å². The maximum atomic E-state index is 6.51. The molecule has 9 nitrogen and oxygen atoms in total. The summed E-state index contributed by atoms with van der Waals surface area (Å²) < 4.78 is 0. The molecule has 0 amide bonds. The second kappa shape index (κ2) is 10.9. The molecule has 2 N–H and O–H groups in total. The number of likely N-dealkylation sites (N-methyl/N-ethyl adjacent to an activating group) is 1. The molecule has 0 radical (unpaired) electrons. The van der Waals surface area contributed by atoms with E-state index in [9.17, 15) is 0 Å². The van der Waals surface area contributed by atoms with Gasteiger partial charge in [0, 0.05) is 61.5 Å². The highest BCUT2D eigenvalue weighted by Gasteiger charge is 2.15. The van der Waals surface area contributed by atoms with Crippen molar-refractivity contribution in [2.24, 2.45) is 0 Å². The van der Waals surface area contributed by atoms with Gasteiger partial charge in [-0.05, 0) is 62.0 Å². The van der Waals surface area contributed by atoms with Crippen molar-refractivity contribution >= 4 is 34.9 Å². The van der Waals surface area contributed by atoms with E-state index in [1.165, 1.54) is 0 Å². The van der Waals surface area contributed by atoms with Crippen molar-refractivity contribution in [3.8, 4) is 11.5 Å². The van der Waals surface area contributed by atoms with Crippen LogP contribution in [0.4, 0.5) is 23.3 Å². The summed E-state index contributed by atoms with van der Waals surface area (Å²) in [6.07, 6.45) is 3.40. The predicted octanol–water partition coefficient (Wildman–Crippen LogP) is 4.53. The fourth-order valence-electron chi connectivity index (χ4n) is 3.99. The van der Waals surface area contributed by atoms with Gasteiger partial charge in [0.2, 0.25) is 5.95 Å². The van der Waals surface area contributed by atoms with E-state index in [1.54, 1.807) is 24.5 Å². The average molecular weight is 502 g/mol. The van der Waals surface area contributed by atoms with Crippen LogP contribution in [0.5, 0.6) is 0 Å². The lowest BCUT2D eigenvalue weighted by Gasteiger charge is -2.32. The first-order valence-electron chi connectivity index (χ1n) is 11.9. The smallest absolute Gasteiger partial charge is 0.229 e. The molecule has 0 saturated carbocycles. The van der Waals surface area contributed by atoms with Crippen LogP contribution in [0.3, 0.4) is 0 Å². The van der Waals surface area contributed by atoms with Gasteiger partial charge in [0.05, 0.1) is 0 Å². The van der Waals surface area contributed by atoms with Crippen LogP contribution < -0.4 is 10.6 Å². The predicted molar refractivity (Wildman–Crippen MR) is 143 cm³/mol. The highest BCUT2D eigenvalue weighted by molar-refractivity contribution is 6.31. The maximum Gasteiger partial charge on any atom is 0.229 e. The minimum Gasteiger partial charge on any atom is -0.325 e. The highest BCUT2D eigenvalue weighted by Crippen LogP contribution is 2.25. The van der Waals surface area contributed by atoms with Crippen LogP contribution in [0.15, 0.2) is 60.9 Å². The van der Waals surface area contributed by atoms with Crippen LogP contribution in [0.2, 0.25) is 5.02 Å². The van der Waals surface area contributed by atoms with E-state index in [0.29, 0.717) is 23.4 Å². The van der Waals surface area contributed by atoms with Gasteiger partial charge < -0.3 is 15.5 Å². The summed E-state index contributed by atoms with van der Waals surface area (Å²) in [5.41, 5.74) is 3.60. The van der Waals surface area contributed by atoms with Crippen molar-refractivity contribution < 1.29 is 0 Å². The number of aryl methyl sites for hydroxylation is 1. The molecule has 4 heterocycles. The highest BCUT2D eigenvalue weighted by atomic mass is 35.5. The summed E-state index contributed by atoms with van der Waals surface area (Å²) in [7, 11) is 2.16. The number of nitrogens with zero attached hydrogens (tertiary/aromatic N) is 7. The molecule has 0 unspecified atom stereocenters. The minimum atomic E-state index is 0.475. The van der Waals surface area contributed by atoms with Gasteiger partial charge in [-0.15, -0.1) is 0 Å². The van der Waals surface area contributed by atoms with Crippen LogP contribution in [0.25, 0.3) is 11.5 Å². The average Bonchev–Trinajstić information content (AvgIpc) is 2.88. The van der Waals surface area contributed by atoms with Gasteiger partial charge in [0.15, 0.2) is 5.82 Å². The van der Waals surface area contributed by atoms with Gasteiger partial charge in [-0.25, -0.2) is 19.9 Å². The lowest BCUT2D eigenvalue weighted by Crippen LogP contribution is -2.43. The molecule has 10 heteroatoms. The van der Waals surface area contributed by atoms with E-state index < -0.39 is 0 Å². The number of halogens is 1. The molecule has 1 saturated heterocycles. The first-order valence-corrected chi connectivity index (χ1v) is 12.2. The molecule has 0 spiro atoms. The number of anilines is 4. The second-order valence-electron chi connectivity index (χ2n) is 8.83. The molecule has 5 rings (SSSR count). The zero-order chi connectivity index (χ0) is 24.9. The Labute approximate surface area is 215 Å². The van der Waals surface area contributed by atoms with Gasteiger partial charge in [-0.2, -0.15) is 4.98 Å². The Morgan fingerprint density at radius 1 is 0.861 bits per heavy atom. The summed E-state index contributed by atoms with van der Waals surface area (Å²) >= 11 is 6.51. The number of benzene rings is 1. The third-order valence-electron chi connectivity index (χ3n) is 5.98. The number of nitrogens with one attached hydrogen (secondary N) is 2. The molecule has 0 atom stereocenters. The van der Waals surface area contributed by atoms with E-state index in [4.69, 9.17) is 11.6 Å². The third-order valence-corrected chi connectivity index (χ3v) is 6.35. The Morgan fingerprint density at radius 2 is 1.64 bits per heavy atom. The first-order chi connectivity index (χ1) is 17.5. The van der Waals surface area contributed by atoms with Crippen molar-refractivity contribution in [3.05, 3.63) is 77.2 Å².